The summed E-state index contributed by atoms with van der Waals surface area (Å²) in [7, 11) is 1.26. The molecule has 0 bridgehead atoms. The largest absolute Gasteiger partial charge is 0.378 e. The molecule has 0 saturated heterocycles. The van der Waals surface area contributed by atoms with E-state index in [4.69, 9.17) is 0 Å². The van der Waals surface area contributed by atoms with Gasteiger partial charge >= 0.3 is 17.8 Å². The average molecular weight is 547 g/mol. The molecular weight excluding hydrogens is 540 g/mol. The quantitative estimate of drug-likeness (QED) is 0.385. The van der Waals surface area contributed by atoms with Crippen molar-refractivity contribution in [2.24, 2.45) is 7.05 Å². The Bertz CT molecular complexity index is 856. The molecule has 0 N–H and O–H groups in total. The van der Waals surface area contributed by atoms with Crippen LogP contribution in [0.25, 0.3) is 16.5 Å². The minimum Gasteiger partial charge on any atom is -0.287 e. The third-order valence-corrected chi connectivity index (χ3v) is 3.77. The van der Waals surface area contributed by atoms with E-state index in [1.807, 2.05) is 0 Å². The van der Waals surface area contributed by atoms with E-state index in [-0.39, 0.29) is 31.0 Å². The molecule has 2 aromatic rings. The summed E-state index contributed by atoms with van der Waals surface area (Å²) < 4.78 is 109. The molecule has 0 atom stereocenters. The zero-order chi connectivity index (χ0) is 18.1. The van der Waals surface area contributed by atoms with Crippen LogP contribution in [0.15, 0.2) is 24.3 Å². The maximum atomic E-state index is 14.0. The van der Waals surface area contributed by atoms with Crippen LogP contribution in [0.2, 0.25) is 0 Å². The predicted molar refractivity (Wildman–Crippen MR) is 67.2 cm³/mol. The number of hydrogen-bond acceptors (Lipinski definition) is 1. The number of aromatic nitrogens is 2. The van der Waals surface area contributed by atoms with Crippen molar-refractivity contribution in [1.29, 1.82) is 0 Å². The van der Waals surface area contributed by atoms with Gasteiger partial charge in [0, 0.05) is 32.7 Å². The van der Waals surface area contributed by atoms with E-state index in [1.165, 1.54) is 31.3 Å². The summed E-state index contributed by atoms with van der Waals surface area (Å²) in [4.78, 5) is 0. The molecule has 0 amide bonds. The summed E-state index contributed by atoms with van der Waals surface area (Å²) >= 11 is 0. The number of halogens is 8. The molecule has 1 heterocycles. The second-order valence-corrected chi connectivity index (χ2v) is 5.29. The van der Waals surface area contributed by atoms with Gasteiger partial charge in [0.15, 0.2) is 0 Å². The van der Waals surface area contributed by atoms with Gasteiger partial charge in [0.25, 0.3) is 5.92 Å². The van der Waals surface area contributed by atoms with Gasteiger partial charge in [-0.3, -0.25) is 9.78 Å². The van der Waals surface area contributed by atoms with E-state index in [9.17, 15) is 35.1 Å². The number of fused-ring (bicyclic) bond motifs is 1. The van der Waals surface area contributed by atoms with Gasteiger partial charge in [-0.15, -0.1) is 5.57 Å². The van der Waals surface area contributed by atoms with Gasteiger partial charge in [-0.2, -0.15) is 32.4 Å². The van der Waals surface area contributed by atoms with Crippen molar-refractivity contribution in [3.63, 3.8) is 0 Å². The molecule has 1 aliphatic rings. The molecule has 25 heavy (non-hydrogen) atoms. The van der Waals surface area contributed by atoms with Crippen LogP contribution in [0.5, 0.6) is 0 Å². The van der Waals surface area contributed by atoms with Crippen molar-refractivity contribution in [2.75, 3.05) is 0 Å². The Morgan fingerprint density at radius 3 is 2.08 bits per heavy atom. The van der Waals surface area contributed by atoms with E-state index in [0.717, 1.165) is 4.68 Å². The van der Waals surface area contributed by atoms with Crippen molar-refractivity contribution in [1.82, 2.24) is 9.78 Å². The van der Waals surface area contributed by atoms with E-state index in [0.29, 0.717) is 6.08 Å². The molecule has 1 aromatic carbocycles. The van der Waals surface area contributed by atoms with Crippen molar-refractivity contribution < 1.29 is 55.2 Å². The van der Waals surface area contributed by atoms with E-state index < -0.39 is 35.0 Å². The molecule has 0 saturated carbocycles. The monoisotopic (exact) mass is 548 g/mol. The average Bonchev–Trinajstić information content (AvgIpc) is 2.80. The Kier molecular flexibility index (Phi) is 4.37. The molecular formula is C14H7F8IrN2-. The number of allylic oxidation sites excluding steroid dienone is 2. The van der Waals surface area contributed by atoms with Crippen LogP contribution < -0.4 is 0 Å². The molecule has 0 spiro atoms. The van der Waals surface area contributed by atoms with Gasteiger partial charge in [0.2, 0.25) is 0 Å². The third kappa shape index (κ3) is 2.35. The number of alkyl halides is 8. The second kappa shape index (κ2) is 5.51. The number of benzene rings is 1. The fourth-order valence-corrected chi connectivity index (χ4v) is 2.47. The minimum atomic E-state index is -6.32. The van der Waals surface area contributed by atoms with Crippen molar-refractivity contribution in [3.8, 4) is 0 Å². The van der Waals surface area contributed by atoms with Gasteiger partial charge < -0.3 is 0 Å². The number of nitrogens with zero attached hydrogens (tertiary/aromatic N) is 2. The second-order valence-electron chi connectivity index (χ2n) is 5.29. The van der Waals surface area contributed by atoms with Gasteiger partial charge in [0.1, 0.15) is 0 Å². The molecule has 0 aliphatic heterocycles. The summed E-state index contributed by atoms with van der Waals surface area (Å²) in [5.74, 6) is -23.8. The minimum absolute atomic E-state index is 0. The third-order valence-electron chi connectivity index (χ3n) is 3.77. The first-order valence-electron chi connectivity index (χ1n) is 6.43. The predicted octanol–water partition coefficient (Wildman–Crippen LogP) is 4.31. The summed E-state index contributed by atoms with van der Waals surface area (Å²) in [5, 5.41) is 3.35. The van der Waals surface area contributed by atoms with Crippen LogP contribution in [0.1, 0.15) is 5.69 Å². The van der Waals surface area contributed by atoms with E-state index in [2.05, 4.69) is 5.10 Å². The Labute approximate surface area is 148 Å². The van der Waals surface area contributed by atoms with Gasteiger partial charge in [-0.05, 0) is 11.8 Å². The molecule has 11 heteroatoms. The Morgan fingerprint density at radius 1 is 0.920 bits per heavy atom. The Morgan fingerprint density at radius 2 is 1.48 bits per heavy atom. The van der Waals surface area contributed by atoms with Crippen LogP contribution in [0.4, 0.5) is 35.1 Å². The SMILES string of the molecule is Cn1nc(C2=[C-]C(F)(F)C(F)(F)C(F)(F)C2(F)F)c2ccccc21.[Ir]. The van der Waals surface area contributed by atoms with Gasteiger partial charge in [-0.1, -0.05) is 23.6 Å². The van der Waals surface area contributed by atoms with Crippen molar-refractivity contribution >= 4 is 16.5 Å². The van der Waals surface area contributed by atoms with Crippen LogP contribution >= 0.6 is 0 Å². The Balaban J connectivity index is 0.00000225. The summed E-state index contributed by atoms with van der Waals surface area (Å²) in [6, 6.07) is 5.35. The number of rotatable bonds is 1. The number of aryl methyl sites for hydroxylation is 1. The first kappa shape index (κ1) is 19.8. The first-order chi connectivity index (χ1) is 10.8. The van der Waals surface area contributed by atoms with Crippen molar-refractivity contribution in [2.45, 2.75) is 23.7 Å². The molecule has 2 nitrogen and oxygen atoms in total. The summed E-state index contributed by atoms with van der Waals surface area (Å²) in [5.41, 5.74) is -2.84. The first-order valence-corrected chi connectivity index (χ1v) is 6.43. The van der Waals surface area contributed by atoms with E-state index in [1.54, 1.807) is 0 Å². The summed E-state index contributed by atoms with van der Waals surface area (Å²) in [6.07, 6.45) is 0.578. The molecule has 1 aromatic heterocycles. The van der Waals surface area contributed by atoms with Crippen LogP contribution in [-0.4, -0.2) is 33.5 Å². The molecule has 3 rings (SSSR count). The molecule has 1 radical (unpaired) electrons. The normalized spacial score (nSPS) is 23.0. The zero-order valence-corrected chi connectivity index (χ0v) is 14.5. The summed E-state index contributed by atoms with van der Waals surface area (Å²) in [6.45, 7) is 0. The van der Waals surface area contributed by atoms with Gasteiger partial charge in [0.05, 0.1) is 0 Å². The fourth-order valence-electron chi connectivity index (χ4n) is 2.47. The standard InChI is InChI=1S/C14H7F8N2.Ir/c1-24-9-5-3-2-4-7(9)10(23-24)8-6-11(15,16)13(19,20)14(21,22)12(8,17)18;/h2-5H,1H3;/q-1;. The smallest absolute Gasteiger partial charge is 0.287 e. The van der Waals surface area contributed by atoms with Gasteiger partial charge in [-0.25, -0.2) is 8.78 Å². The molecule has 0 unspecified atom stereocenters. The Hall–Kier alpha value is -1.48. The molecule has 1 aliphatic carbocycles. The fraction of sp³-hybridized carbons (Fsp3) is 0.357. The van der Waals surface area contributed by atoms with Crippen molar-refractivity contribution in [3.05, 3.63) is 36.0 Å². The zero-order valence-electron chi connectivity index (χ0n) is 12.1. The maximum absolute atomic E-state index is 14.0. The maximum Gasteiger partial charge on any atom is 0.378 e. The van der Waals surface area contributed by atoms with Crippen LogP contribution in [-0.2, 0) is 27.2 Å². The van der Waals surface area contributed by atoms with Crippen LogP contribution in [0.3, 0.4) is 0 Å². The molecule has 139 valence electrons. The number of para-hydroxylation sites is 1. The van der Waals surface area contributed by atoms with Crippen LogP contribution in [0, 0.1) is 6.08 Å². The molecule has 0 fully saturated rings. The topological polar surface area (TPSA) is 17.8 Å². The number of hydrogen-bond donors (Lipinski definition) is 0. The van der Waals surface area contributed by atoms with E-state index >= 15 is 0 Å².